The molecule has 3 rings (SSSR count). The number of anilines is 1. The summed E-state index contributed by atoms with van der Waals surface area (Å²) in [5.41, 5.74) is 10.5. The Balaban J connectivity index is 2.02. The minimum absolute atomic E-state index is 0.130. The van der Waals surface area contributed by atoms with Crippen molar-refractivity contribution >= 4 is 21.6 Å². The van der Waals surface area contributed by atoms with Gasteiger partial charge in [-0.25, -0.2) is 0 Å². The molecule has 2 atom stereocenters. The van der Waals surface area contributed by atoms with Crippen molar-refractivity contribution in [2.75, 3.05) is 11.4 Å². The first-order valence-electron chi connectivity index (χ1n) is 7.56. The zero-order valence-electron chi connectivity index (χ0n) is 12.3. The summed E-state index contributed by atoms with van der Waals surface area (Å²) in [7, 11) is 0. The van der Waals surface area contributed by atoms with E-state index in [4.69, 9.17) is 5.73 Å². The van der Waals surface area contributed by atoms with Crippen LogP contribution < -0.4 is 10.6 Å². The van der Waals surface area contributed by atoms with Gasteiger partial charge in [0, 0.05) is 22.7 Å². The average Bonchev–Trinajstić information content (AvgIpc) is 2.91. The largest absolute Gasteiger partial charge is 0.362 e. The van der Waals surface area contributed by atoms with Crippen molar-refractivity contribution in [3.05, 3.63) is 64.1 Å². The molecule has 0 fully saturated rings. The van der Waals surface area contributed by atoms with Crippen LogP contribution >= 0.6 is 15.9 Å². The molecule has 0 bridgehead atoms. The molecule has 0 saturated heterocycles. The highest BCUT2D eigenvalue weighted by Crippen LogP contribution is 2.37. The van der Waals surface area contributed by atoms with Gasteiger partial charge in [0.2, 0.25) is 0 Å². The van der Waals surface area contributed by atoms with Crippen LogP contribution in [-0.2, 0) is 6.42 Å². The van der Waals surface area contributed by atoms with Crippen molar-refractivity contribution in [3.8, 4) is 0 Å². The fourth-order valence-electron chi connectivity index (χ4n) is 3.22. The Labute approximate surface area is 135 Å². The van der Waals surface area contributed by atoms with E-state index in [2.05, 4.69) is 76.3 Å². The third-order valence-corrected chi connectivity index (χ3v) is 4.82. The summed E-state index contributed by atoms with van der Waals surface area (Å²) in [6, 6.07) is 17.6. The van der Waals surface area contributed by atoms with E-state index in [0.717, 1.165) is 23.9 Å². The number of hydrogen-bond acceptors (Lipinski definition) is 2. The molecular formula is C18H21BrN2. The summed E-state index contributed by atoms with van der Waals surface area (Å²) in [6.45, 7) is 3.21. The lowest BCUT2D eigenvalue weighted by molar-refractivity contribution is 0.498. The number of rotatable bonds is 4. The highest BCUT2D eigenvalue weighted by atomic mass is 79.9. The lowest BCUT2D eigenvalue weighted by atomic mass is 9.96. The average molecular weight is 345 g/mol. The number of halogens is 1. The standard InChI is InChI=1S/C18H21BrN2/c1-2-16(20)18(14-7-5-8-15(19)12-14)21-11-10-13-6-3-4-9-17(13)21/h3-9,12,16,18H,2,10-11,20H2,1H3. The van der Waals surface area contributed by atoms with E-state index in [1.807, 2.05) is 0 Å². The Kier molecular flexibility index (Phi) is 4.32. The van der Waals surface area contributed by atoms with Crippen LogP contribution in [0.25, 0.3) is 0 Å². The van der Waals surface area contributed by atoms with Gasteiger partial charge in [-0.15, -0.1) is 0 Å². The fraction of sp³-hybridized carbons (Fsp3) is 0.333. The number of hydrogen-bond donors (Lipinski definition) is 1. The molecule has 0 spiro atoms. The monoisotopic (exact) mass is 344 g/mol. The third-order valence-electron chi connectivity index (χ3n) is 4.33. The Morgan fingerprint density at radius 2 is 2.00 bits per heavy atom. The molecule has 110 valence electrons. The predicted molar refractivity (Wildman–Crippen MR) is 92.6 cm³/mol. The molecule has 0 saturated carbocycles. The Hall–Kier alpha value is -1.32. The second kappa shape index (κ2) is 6.20. The van der Waals surface area contributed by atoms with Crippen molar-refractivity contribution in [1.82, 2.24) is 0 Å². The van der Waals surface area contributed by atoms with Crippen LogP contribution in [-0.4, -0.2) is 12.6 Å². The van der Waals surface area contributed by atoms with Crippen LogP contribution in [0.2, 0.25) is 0 Å². The lowest BCUT2D eigenvalue weighted by Gasteiger charge is -2.35. The Bertz CT molecular complexity index is 626. The SMILES string of the molecule is CCC(N)C(c1cccc(Br)c1)N1CCc2ccccc21. The van der Waals surface area contributed by atoms with Crippen LogP contribution in [0.3, 0.4) is 0 Å². The summed E-state index contributed by atoms with van der Waals surface area (Å²) >= 11 is 3.58. The third kappa shape index (κ3) is 2.85. The van der Waals surface area contributed by atoms with E-state index in [1.165, 1.54) is 16.8 Å². The number of benzene rings is 2. The first-order valence-corrected chi connectivity index (χ1v) is 8.35. The predicted octanol–water partition coefficient (Wildman–Crippen LogP) is 4.29. The van der Waals surface area contributed by atoms with Crippen molar-refractivity contribution in [2.24, 2.45) is 5.73 Å². The molecule has 0 aromatic heterocycles. The van der Waals surface area contributed by atoms with Gasteiger partial charge in [-0.05, 0) is 42.2 Å². The number of para-hydroxylation sites is 1. The van der Waals surface area contributed by atoms with Gasteiger partial charge in [-0.1, -0.05) is 53.2 Å². The van der Waals surface area contributed by atoms with Gasteiger partial charge in [0.15, 0.2) is 0 Å². The summed E-state index contributed by atoms with van der Waals surface area (Å²) < 4.78 is 1.11. The normalized spacial score (nSPS) is 16.6. The molecule has 1 aliphatic heterocycles. The molecule has 0 amide bonds. The molecule has 2 nitrogen and oxygen atoms in total. The second-order valence-electron chi connectivity index (χ2n) is 5.64. The van der Waals surface area contributed by atoms with Gasteiger partial charge in [-0.3, -0.25) is 0 Å². The van der Waals surface area contributed by atoms with Crippen LogP contribution in [0.1, 0.15) is 30.5 Å². The maximum atomic E-state index is 6.48. The van der Waals surface area contributed by atoms with Crippen LogP contribution in [0.5, 0.6) is 0 Å². The van der Waals surface area contributed by atoms with Crippen molar-refractivity contribution in [2.45, 2.75) is 31.8 Å². The Morgan fingerprint density at radius 3 is 2.76 bits per heavy atom. The minimum atomic E-state index is 0.130. The fourth-order valence-corrected chi connectivity index (χ4v) is 3.64. The van der Waals surface area contributed by atoms with Gasteiger partial charge in [-0.2, -0.15) is 0 Å². The van der Waals surface area contributed by atoms with Gasteiger partial charge >= 0.3 is 0 Å². The van der Waals surface area contributed by atoms with Crippen LogP contribution in [0.4, 0.5) is 5.69 Å². The molecule has 2 N–H and O–H groups in total. The molecule has 1 heterocycles. The Morgan fingerprint density at radius 1 is 1.19 bits per heavy atom. The number of nitrogens with zero attached hydrogens (tertiary/aromatic N) is 1. The van der Waals surface area contributed by atoms with Gasteiger partial charge in [0.1, 0.15) is 0 Å². The van der Waals surface area contributed by atoms with Crippen LogP contribution in [0.15, 0.2) is 53.0 Å². The molecule has 0 aliphatic carbocycles. The minimum Gasteiger partial charge on any atom is -0.362 e. The van der Waals surface area contributed by atoms with Crippen LogP contribution in [0, 0.1) is 0 Å². The van der Waals surface area contributed by atoms with E-state index in [-0.39, 0.29) is 12.1 Å². The van der Waals surface area contributed by atoms with E-state index in [1.54, 1.807) is 0 Å². The van der Waals surface area contributed by atoms with Crippen molar-refractivity contribution in [3.63, 3.8) is 0 Å². The summed E-state index contributed by atoms with van der Waals surface area (Å²) in [5, 5.41) is 0. The zero-order valence-corrected chi connectivity index (χ0v) is 13.9. The number of nitrogens with two attached hydrogens (primary N) is 1. The first kappa shape index (κ1) is 14.6. The molecule has 0 radical (unpaired) electrons. The van der Waals surface area contributed by atoms with Gasteiger partial charge in [0.05, 0.1) is 6.04 Å². The quantitative estimate of drug-likeness (QED) is 0.896. The topological polar surface area (TPSA) is 29.3 Å². The highest BCUT2D eigenvalue weighted by molar-refractivity contribution is 9.10. The second-order valence-corrected chi connectivity index (χ2v) is 6.56. The van der Waals surface area contributed by atoms with Crippen molar-refractivity contribution in [1.29, 1.82) is 0 Å². The smallest absolute Gasteiger partial charge is 0.0694 e. The molecule has 2 unspecified atom stereocenters. The summed E-state index contributed by atoms with van der Waals surface area (Å²) in [5.74, 6) is 0. The summed E-state index contributed by atoms with van der Waals surface area (Å²) in [6.07, 6.45) is 2.08. The van der Waals surface area contributed by atoms with E-state index in [9.17, 15) is 0 Å². The van der Waals surface area contributed by atoms with E-state index >= 15 is 0 Å². The molecule has 2 aromatic rings. The maximum absolute atomic E-state index is 6.48. The first-order chi connectivity index (χ1) is 10.2. The van der Waals surface area contributed by atoms with Gasteiger partial charge < -0.3 is 10.6 Å². The molecule has 2 aromatic carbocycles. The maximum Gasteiger partial charge on any atom is 0.0694 e. The molecule has 21 heavy (non-hydrogen) atoms. The van der Waals surface area contributed by atoms with E-state index in [0.29, 0.717) is 0 Å². The van der Waals surface area contributed by atoms with Gasteiger partial charge in [0.25, 0.3) is 0 Å². The molecule has 1 aliphatic rings. The molecule has 3 heteroatoms. The molecular weight excluding hydrogens is 324 g/mol. The lowest BCUT2D eigenvalue weighted by Crippen LogP contribution is -2.40. The zero-order chi connectivity index (χ0) is 14.8. The number of fused-ring (bicyclic) bond motifs is 1. The summed E-state index contributed by atoms with van der Waals surface area (Å²) in [4.78, 5) is 2.48. The van der Waals surface area contributed by atoms with E-state index < -0.39 is 0 Å². The highest BCUT2D eigenvalue weighted by Gasteiger charge is 2.30. The van der Waals surface area contributed by atoms with Crippen molar-refractivity contribution < 1.29 is 0 Å².